The maximum atomic E-state index is 11.9. The number of rotatable bonds is 2. The molecule has 9 heteroatoms. The highest BCUT2D eigenvalue weighted by Crippen LogP contribution is 2.23. The Morgan fingerprint density at radius 1 is 1.26 bits per heavy atom. The summed E-state index contributed by atoms with van der Waals surface area (Å²) in [6.45, 7) is 2.66. The number of hydrogen-bond acceptors (Lipinski definition) is 7. The van der Waals surface area contributed by atoms with Crippen molar-refractivity contribution >= 4 is 32.6 Å². The smallest absolute Gasteiger partial charge is 0.186 e. The Morgan fingerprint density at radius 3 is 2.87 bits per heavy atom. The summed E-state index contributed by atoms with van der Waals surface area (Å²) in [7, 11) is -2.98. The van der Waals surface area contributed by atoms with Crippen LogP contribution in [0.2, 0.25) is 0 Å². The van der Waals surface area contributed by atoms with E-state index in [1.165, 1.54) is 0 Å². The summed E-state index contributed by atoms with van der Waals surface area (Å²) in [5, 5.41) is 16.6. The molecule has 1 atom stereocenters. The van der Waals surface area contributed by atoms with Crippen molar-refractivity contribution in [3.63, 3.8) is 0 Å². The fourth-order valence-electron chi connectivity index (χ4n) is 2.68. The van der Waals surface area contributed by atoms with Crippen molar-refractivity contribution in [3.05, 3.63) is 29.0 Å². The van der Waals surface area contributed by atoms with Crippen LogP contribution in [-0.4, -0.2) is 52.3 Å². The van der Waals surface area contributed by atoms with Crippen LogP contribution in [0.25, 0.3) is 17.0 Å². The van der Waals surface area contributed by atoms with Crippen molar-refractivity contribution in [1.29, 1.82) is 0 Å². The molecule has 3 aromatic rings. The lowest BCUT2D eigenvalue weighted by molar-refractivity contribution is 0.568. The highest BCUT2D eigenvalue weighted by molar-refractivity contribution is 7.92. The van der Waals surface area contributed by atoms with Crippen LogP contribution >= 0.6 is 11.3 Å². The van der Waals surface area contributed by atoms with E-state index < -0.39 is 9.84 Å². The topological polar surface area (TPSA) is 80.5 Å². The van der Waals surface area contributed by atoms with E-state index >= 15 is 0 Å². The molecule has 4 heterocycles. The van der Waals surface area contributed by atoms with E-state index in [1.54, 1.807) is 22.8 Å². The van der Waals surface area contributed by atoms with Crippen LogP contribution < -0.4 is 4.90 Å². The van der Waals surface area contributed by atoms with E-state index in [9.17, 15) is 8.42 Å². The highest BCUT2D eigenvalue weighted by atomic mass is 32.2. The normalized spacial score (nSPS) is 20.9. The van der Waals surface area contributed by atoms with Gasteiger partial charge in [-0.3, -0.25) is 0 Å². The van der Waals surface area contributed by atoms with Crippen LogP contribution in [0, 0.1) is 0 Å². The van der Waals surface area contributed by atoms with Gasteiger partial charge in [-0.15, -0.1) is 15.3 Å². The zero-order chi connectivity index (χ0) is 16.0. The Bertz CT molecular complexity index is 949. The molecule has 7 nitrogen and oxygen atoms in total. The molecule has 1 aliphatic rings. The maximum Gasteiger partial charge on any atom is 0.186 e. The molecule has 1 saturated heterocycles. The van der Waals surface area contributed by atoms with E-state index in [2.05, 4.69) is 15.3 Å². The minimum Gasteiger partial charge on any atom is -0.353 e. The van der Waals surface area contributed by atoms with E-state index in [1.807, 2.05) is 33.9 Å². The average Bonchev–Trinajstić information content (AvgIpc) is 3.18. The first-order valence-corrected chi connectivity index (χ1v) is 9.92. The molecule has 3 aromatic heterocycles. The van der Waals surface area contributed by atoms with Gasteiger partial charge in [-0.1, -0.05) is 0 Å². The minimum atomic E-state index is -2.98. The molecular formula is C14H15N5O2S2. The first kappa shape index (κ1) is 14.6. The number of anilines is 1. The highest BCUT2D eigenvalue weighted by Gasteiger charge is 2.30. The molecule has 4 rings (SSSR count). The van der Waals surface area contributed by atoms with Crippen molar-refractivity contribution in [2.24, 2.45) is 0 Å². The quantitative estimate of drug-likeness (QED) is 0.697. The standard InChI is InChI=1S/C14H15N5O2S2/c1-10-8-18(5-7-23(10,20)21)13-3-2-12-15-16-14(19(12)17-13)11-4-6-22-9-11/h2-4,6,9-10H,5,7-8H2,1H3. The summed E-state index contributed by atoms with van der Waals surface area (Å²) in [6.07, 6.45) is 0. The number of thiophene rings is 1. The second-order valence-electron chi connectivity index (χ2n) is 5.62. The first-order chi connectivity index (χ1) is 11.0. The van der Waals surface area contributed by atoms with Gasteiger partial charge in [0, 0.05) is 24.0 Å². The maximum absolute atomic E-state index is 11.9. The van der Waals surface area contributed by atoms with Crippen molar-refractivity contribution in [2.75, 3.05) is 23.7 Å². The summed E-state index contributed by atoms with van der Waals surface area (Å²) >= 11 is 1.59. The van der Waals surface area contributed by atoms with Crippen LogP contribution in [0.5, 0.6) is 0 Å². The zero-order valence-electron chi connectivity index (χ0n) is 12.5. The minimum absolute atomic E-state index is 0.160. The van der Waals surface area contributed by atoms with Gasteiger partial charge in [0.25, 0.3) is 0 Å². The lowest BCUT2D eigenvalue weighted by atomic mass is 10.3. The third-order valence-electron chi connectivity index (χ3n) is 4.09. The van der Waals surface area contributed by atoms with Crippen LogP contribution in [-0.2, 0) is 9.84 Å². The predicted molar refractivity (Wildman–Crippen MR) is 89.6 cm³/mol. The Hall–Kier alpha value is -2.00. The van der Waals surface area contributed by atoms with Crippen LogP contribution in [0.1, 0.15) is 6.92 Å². The number of aromatic nitrogens is 4. The molecule has 0 spiro atoms. The van der Waals surface area contributed by atoms with Crippen molar-refractivity contribution < 1.29 is 8.42 Å². The van der Waals surface area contributed by atoms with Crippen LogP contribution in [0.15, 0.2) is 29.0 Å². The lowest BCUT2D eigenvalue weighted by Crippen LogP contribution is -2.46. The predicted octanol–water partition coefficient (Wildman–Crippen LogP) is 1.48. The molecule has 0 saturated carbocycles. The number of hydrogen-bond donors (Lipinski definition) is 0. The largest absolute Gasteiger partial charge is 0.353 e. The second-order valence-corrected chi connectivity index (χ2v) is 8.94. The summed E-state index contributed by atoms with van der Waals surface area (Å²) in [5.74, 6) is 1.60. The van der Waals surface area contributed by atoms with Gasteiger partial charge in [0.15, 0.2) is 21.3 Å². The molecule has 1 fully saturated rings. The van der Waals surface area contributed by atoms with E-state index in [0.717, 1.165) is 11.4 Å². The molecular weight excluding hydrogens is 334 g/mol. The summed E-state index contributed by atoms with van der Waals surface area (Å²) < 4.78 is 25.4. The summed E-state index contributed by atoms with van der Waals surface area (Å²) in [4.78, 5) is 2.00. The summed E-state index contributed by atoms with van der Waals surface area (Å²) in [6, 6.07) is 5.70. The Kier molecular flexibility index (Phi) is 3.34. The Morgan fingerprint density at radius 2 is 2.13 bits per heavy atom. The van der Waals surface area contributed by atoms with Crippen LogP contribution in [0.3, 0.4) is 0 Å². The SMILES string of the molecule is CC1CN(c2ccc3nnc(-c4ccsc4)n3n2)CCS1(=O)=O. The van der Waals surface area contributed by atoms with Gasteiger partial charge in [0.05, 0.1) is 11.0 Å². The van der Waals surface area contributed by atoms with E-state index in [0.29, 0.717) is 24.6 Å². The monoisotopic (exact) mass is 349 g/mol. The molecule has 1 unspecified atom stereocenters. The lowest BCUT2D eigenvalue weighted by Gasteiger charge is -2.31. The molecule has 1 aliphatic heterocycles. The third-order valence-corrected chi connectivity index (χ3v) is 6.90. The van der Waals surface area contributed by atoms with Crippen molar-refractivity contribution in [2.45, 2.75) is 12.2 Å². The van der Waals surface area contributed by atoms with Gasteiger partial charge in [0.1, 0.15) is 5.82 Å². The molecule has 0 bridgehead atoms. The molecule has 0 aliphatic carbocycles. The van der Waals surface area contributed by atoms with Crippen LogP contribution in [0.4, 0.5) is 5.82 Å². The fraction of sp³-hybridized carbons (Fsp3) is 0.357. The van der Waals surface area contributed by atoms with Gasteiger partial charge in [-0.25, -0.2) is 8.42 Å². The number of sulfone groups is 1. The molecule has 0 amide bonds. The van der Waals surface area contributed by atoms with Gasteiger partial charge in [-0.05, 0) is 30.5 Å². The van der Waals surface area contributed by atoms with E-state index in [-0.39, 0.29) is 11.0 Å². The number of nitrogens with zero attached hydrogens (tertiary/aromatic N) is 5. The fourth-order valence-corrected chi connectivity index (χ4v) is 4.60. The summed E-state index contributed by atoms with van der Waals surface area (Å²) in [5.41, 5.74) is 1.65. The van der Waals surface area contributed by atoms with Crippen molar-refractivity contribution in [1.82, 2.24) is 19.8 Å². The van der Waals surface area contributed by atoms with Crippen molar-refractivity contribution in [3.8, 4) is 11.4 Å². The van der Waals surface area contributed by atoms with Gasteiger partial charge < -0.3 is 4.90 Å². The first-order valence-electron chi connectivity index (χ1n) is 7.26. The second kappa shape index (κ2) is 5.27. The van der Waals surface area contributed by atoms with E-state index in [4.69, 9.17) is 0 Å². The molecule has 23 heavy (non-hydrogen) atoms. The molecule has 0 aromatic carbocycles. The van der Waals surface area contributed by atoms with Gasteiger partial charge >= 0.3 is 0 Å². The Labute approximate surface area is 137 Å². The van der Waals surface area contributed by atoms with Gasteiger partial charge in [-0.2, -0.15) is 15.9 Å². The average molecular weight is 349 g/mol. The Balaban J connectivity index is 1.73. The molecule has 0 radical (unpaired) electrons. The number of fused-ring (bicyclic) bond motifs is 1. The zero-order valence-corrected chi connectivity index (χ0v) is 14.1. The third kappa shape index (κ3) is 2.49. The molecule has 0 N–H and O–H groups in total. The van der Waals surface area contributed by atoms with Gasteiger partial charge in [0.2, 0.25) is 0 Å². The molecule has 120 valence electrons.